The Kier molecular flexibility index (Phi) is 17.1. The number of nitrogens with zero attached hydrogens (tertiary/aromatic N) is 2. The summed E-state index contributed by atoms with van der Waals surface area (Å²) in [6.07, 6.45) is 2.82. The lowest BCUT2D eigenvalue weighted by molar-refractivity contribution is 0.434. The SMILES string of the molecule is O=S(=O)(NCCCCCCNS(=O)(=O)N(CCCl)CCCl)N(CCCl)CCCl. The van der Waals surface area contributed by atoms with E-state index in [1.54, 1.807) is 0 Å². The minimum atomic E-state index is -3.59. The molecule has 28 heavy (non-hydrogen) atoms. The number of hydrogen-bond donors (Lipinski definition) is 2. The third-order valence-electron chi connectivity index (χ3n) is 3.69. The maximum atomic E-state index is 12.1. The minimum absolute atomic E-state index is 0.195. The van der Waals surface area contributed by atoms with E-state index in [-0.39, 0.29) is 49.7 Å². The lowest BCUT2D eigenvalue weighted by atomic mass is 10.2. The zero-order chi connectivity index (χ0) is 21.5. The highest BCUT2D eigenvalue weighted by Gasteiger charge is 2.21. The fourth-order valence-electron chi connectivity index (χ4n) is 2.27. The maximum Gasteiger partial charge on any atom is 0.279 e. The Hall–Kier alpha value is 0.900. The third kappa shape index (κ3) is 12.6. The minimum Gasteiger partial charge on any atom is -0.202 e. The van der Waals surface area contributed by atoms with E-state index in [0.29, 0.717) is 25.9 Å². The van der Waals surface area contributed by atoms with Crippen molar-refractivity contribution in [2.75, 3.05) is 62.8 Å². The lowest BCUT2D eigenvalue weighted by Gasteiger charge is -2.20. The summed E-state index contributed by atoms with van der Waals surface area (Å²) in [7, 11) is -7.18. The summed E-state index contributed by atoms with van der Waals surface area (Å²) < 4.78 is 56.0. The van der Waals surface area contributed by atoms with Crippen molar-refractivity contribution in [1.82, 2.24) is 18.1 Å². The smallest absolute Gasteiger partial charge is 0.202 e. The van der Waals surface area contributed by atoms with E-state index in [1.165, 1.54) is 8.61 Å². The quantitative estimate of drug-likeness (QED) is 0.199. The summed E-state index contributed by atoms with van der Waals surface area (Å²) in [5.74, 6) is 0.781. The van der Waals surface area contributed by atoms with Gasteiger partial charge in [0.1, 0.15) is 0 Å². The Balaban J connectivity index is 4.06. The van der Waals surface area contributed by atoms with Crippen LogP contribution in [-0.4, -0.2) is 88.2 Å². The highest BCUT2D eigenvalue weighted by molar-refractivity contribution is 7.87. The van der Waals surface area contributed by atoms with E-state index in [1.807, 2.05) is 0 Å². The summed E-state index contributed by atoms with van der Waals surface area (Å²) in [5, 5.41) is 0. The van der Waals surface area contributed by atoms with Crippen LogP contribution in [0.3, 0.4) is 0 Å². The first kappa shape index (κ1) is 28.9. The standard InChI is InChI=1S/C14H30Cl4N4O4S2/c15-5-11-21(12-6-16)27(23,24)19-9-3-1-2-4-10-20-28(25,26)22(13-7-17)14-8-18/h19-20H,1-14H2. The van der Waals surface area contributed by atoms with Crippen molar-refractivity contribution < 1.29 is 16.8 Å². The third-order valence-corrected chi connectivity index (χ3v) is 7.59. The van der Waals surface area contributed by atoms with Gasteiger partial charge in [-0.15, -0.1) is 46.4 Å². The van der Waals surface area contributed by atoms with Gasteiger partial charge in [0.05, 0.1) is 0 Å². The van der Waals surface area contributed by atoms with E-state index in [9.17, 15) is 16.8 Å². The first-order valence-electron chi connectivity index (χ1n) is 8.98. The summed E-state index contributed by atoms with van der Waals surface area (Å²) in [6, 6.07) is 0. The fraction of sp³-hybridized carbons (Fsp3) is 1.00. The average Bonchev–Trinajstić information content (AvgIpc) is 2.63. The monoisotopic (exact) mass is 522 g/mol. The number of hydrogen-bond acceptors (Lipinski definition) is 4. The molecule has 0 radical (unpaired) electrons. The van der Waals surface area contributed by atoms with E-state index in [2.05, 4.69) is 9.44 Å². The van der Waals surface area contributed by atoms with Gasteiger partial charge in [-0.3, -0.25) is 0 Å². The predicted octanol–water partition coefficient (Wildman–Crippen LogP) is 1.77. The van der Waals surface area contributed by atoms with E-state index in [4.69, 9.17) is 46.4 Å². The first-order valence-corrected chi connectivity index (χ1v) is 14.0. The molecule has 0 spiro atoms. The van der Waals surface area contributed by atoms with Gasteiger partial charge >= 0.3 is 0 Å². The molecule has 2 N–H and O–H groups in total. The zero-order valence-corrected chi connectivity index (χ0v) is 20.4. The van der Waals surface area contributed by atoms with E-state index >= 15 is 0 Å². The number of alkyl halides is 4. The Morgan fingerprint density at radius 3 is 1.07 bits per heavy atom. The van der Waals surface area contributed by atoms with Gasteiger partial charge < -0.3 is 0 Å². The summed E-state index contributed by atoms with van der Waals surface area (Å²) >= 11 is 22.5. The van der Waals surface area contributed by atoms with Crippen LogP contribution in [0.2, 0.25) is 0 Å². The molecule has 0 aliphatic rings. The van der Waals surface area contributed by atoms with E-state index < -0.39 is 20.4 Å². The maximum absolute atomic E-state index is 12.1. The van der Waals surface area contributed by atoms with Gasteiger partial charge in [-0.25, -0.2) is 9.44 Å². The van der Waals surface area contributed by atoms with Crippen LogP contribution in [0, 0.1) is 0 Å². The van der Waals surface area contributed by atoms with Crippen LogP contribution >= 0.6 is 46.4 Å². The molecule has 0 heterocycles. The number of nitrogens with one attached hydrogen (secondary N) is 2. The molecular weight excluding hydrogens is 494 g/mol. The van der Waals surface area contributed by atoms with Crippen molar-refractivity contribution in [3.8, 4) is 0 Å². The number of rotatable bonds is 19. The second kappa shape index (κ2) is 16.6. The van der Waals surface area contributed by atoms with Crippen LogP contribution in [0.4, 0.5) is 0 Å². The highest BCUT2D eigenvalue weighted by atomic mass is 35.5. The second-order valence-electron chi connectivity index (χ2n) is 5.77. The summed E-state index contributed by atoms with van der Waals surface area (Å²) in [5.41, 5.74) is 0. The Morgan fingerprint density at radius 1 is 0.536 bits per heavy atom. The van der Waals surface area contributed by atoms with Crippen molar-refractivity contribution in [3.05, 3.63) is 0 Å². The molecule has 0 aromatic carbocycles. The second-order valence-corrected chi connectivity index (χ2v) is 10.8. The van der Waals surface area contributed by atoms with Crippen LogP contribution in [0.1, 0.15) is 25.7 Å². The molecule has 8 nitrogen and oxygen atoms in total. The highest BCUT2D eigenvalue weighted by Crippen LogP contribution is 2.04. The summed E-state index contributed by atoms with van der Waals surface area (Å²) in [4.78, 5) is 0. The number of halogens is 4. The van der Waals surface area contributed by atoms with E-state index in [0.717, 1.165) is 12.8 Å². The lowest BCUT2D eigenvalue weighted by Crippen LogP contribution is -2.43. The molecule has 0 amide bonds. The topological polar surface area (TPSA) is 98.8 Å². The molecule has 0 fully saturated rings. The molecule has 0 aliphatic heterocycles. The Bertz CT molecular complexity index is 532. The normalized spacial score (nSPS) is 12.9. The fourth-order valence-corrected chi connectivity index (χ4v) is 5.98. The molecule has 0 aliphatic carbocycles. The van der Waals surface area contributed by atoms with Gasteiger partial charge in [0, 0.05) is 62.8 Å². The molecule has 0 aromatic heterocycles. The average molecular weight is 524 g/mol. The van der Waals surface area contributed by atoms with Crippen molar-refractivity contribution in [3.63, 3.8) is 0 Å². The van der Waals surface area contributed by atoms with Crippen molar-refractivity contribution in [2.45, 2.75) is 25.7 Å². The molecular formula is C14H30Cl4N4O4S2. The zero-order valence-electron chi connectivity index (χ0n) is 15.8. The molecule has 0 saturated carbocycles. The van der Waals surface area contributed by atoms with Crippen LogP contribution in [0.15, 0.2) is 0 Å². The molecule has 14 heteroatoms. The molecule has 0 aromatic rings. The van der Waals surface area contributed by atoms with Gasteiger partial charge in [0.2, 0.25) is 0 Å². The van der Waals surface area contributed by atoms with Crippen LogP contribution in [0.5, 0.6) is 0 Å². The molecule has 0 rings (SSSR count). The van der Waals surface area contributed by atoms with Gasteiger partial charge in [0.25, 0.3) is 20.4 Å². The van der Waals surface area contributed by atoms with Crippen molar-refractivity contribution in [1.29, 1.82) is 0 Å². The molecule has 170 valence electrons. The molecule has 0 unspecified atom stereocenters. The molecule has 0 saturated heterocycles. The number of unbranched alkanes of at least 4 members (excludes halogenated alkanes) is 3. The molecule has 0 atom stereocenters. The van der Waals surface area contributed by atoms with Crippen molar-refractivity contribution >= 4 is 66.8 Å². The molecule has 0 bridgehead atoms. The predicted molar refractivity (Wildman–Crippen MR) is 118 cm³/mol. The van der Waals surface area contributed by atoms with Crippen LogP contribution < -0.4 is 9.44 Å². The Morgan fingerprint density at radius 2 is 0.821 bits per heavy atom. The summed E-state index contributed by atoms with van der Waals surface area (Å²) in [6.45, 7) is 1.41. The van der Waals surface area contributed by atoms with Crippen molar-refractivity contribution in [2.24, 2.45) is 0 Å². The first-order chi connectivity index (χ1) is 13.2. The van der Waals surface area contributed by atoms with Gasteiger partial charge in [-0.1, -0.05) is 12.8 Å². The van der Waals surface area contributed by atoms with Gasteiger partial charge in [-0.2, -0.15) is 25.4 Å². The largest absolute Gasteiger partial charge is 0.279 e. The van der Waals surface area contributed by atoms with Crippen LogP contribution in [0.25, 0.3) is 0 Å². The Labute approximate surface area is 189 Å². The van der Waals surface area contributed by atoms with Crippen LogP contribution in [-0.2, 0) is 20.4 Å². The van der Waals surface area contributed by atoms with Gasteiger partial charge in [-0.05, 0) is 12.8 Å². The van der Waals surface area contributed by atoms with Gasteiger partial charge in [0.15, 0.2) is 0 Å².